The van der Waals surface area contributed by atoms with Crippen LogP contribution in [-0.2, 0) is 20.1 Å². The predicted octanol–water partition coefficient (Wildman–Crippen LogP) is 6.09. The second-order valence-corrected chi connectivity index (χ2v) is 12.0. The van der Waals surface area contributed by atoms with Gasteiger partial charge in [0.1, 0.15) is 5.75 Å². The van der Waals surface area contributed by atoms with Gasteiger partial charge in [0.05, 0.1) is 11.2 Å². The molecule has 2 aromatic rings. The normalized spacial score (nSPS) is 22.5. The Labute approximate surface area is 193 Å². The molecule has 0 spiro atoms. The smallest absolute Gasteiger partial charge is 0.496 e. The lowest BCUT2D eigenvalue weighted by Gasteiger charge is -2.42. The average Bonchev–Trinajstić information content (AvgIpc) is 2.88. The Morgan fingerprint density at radius 3 is 1.88 bits per heavy atom. The van der Waals surface area contributed by atoms with Crippen LogP contribution in [0.2, 0.25) is 0 Å². The molecule has 1 fully saturated rings. The van der Waals surface area contributed by atoms with Crippen molar-refractivity contribution in [3.05, 3.63) is 47.0 Å². The number of phenolic OH excluding ortho intramolecular Hbond substituents is 1. The molecule has 172 valence electrons. The fraction of sp³-hybridized carbons (Fsp3) is 0.556. The number of benzene rings is 2. The van der Waals surface area contributed by atoms with Gasteiger partial charge in [0, 0.05) is 22.9 Å². The second kappa shape index (κ2) is 7.26. The molecule has 4 rings (SSSR count). The minimum absolute atomic E-state index is 0.127. The lowest BCUT2D eigenvalue weighted by atomic mass is 9.63. The molecule has 0 saturated carbocycles. The standard InChI is InChI=1S/C27H38BNO3/c1-17-14-19-20(25(4,5)13-12-24(19,2)3)16-22(17)29-23-15-18(30)10-11-21(23)28-31-26(6,7)27(8,9)32-28/h10-11,14-16,29-30H,12-13H2,1-9H3. The minimum atomic E-state index is -0.503. The summed E-state index contributed by atoms with van der Waals surface area (Å²) in [6.07, 6.45) is 2.36. The van der Waals surface area contributed by atoms with E-state index in [4.69, 9.17) is 9.31 Å². The summed E-state index contributed by atoms with van der Waals surface area (Å²) >= 11 is 0. The number of aryl methyl sites for hydroxylation is 1. The third-order valence-corrected chi connectivity index (χ3v) is 8.01. The zero-order valence-electron chi connectivity index (χ0n) is 21.1. The van der Waals surface area contributed by atoms with E-state index in [0.29, 0.717) is 0 Å². The molecule has 1 heterocycles. The highest BCUT2D eigenvalue weighted by Gasteiger charge is 2.52. The number of anilines is 2. The van der Waals surface area contributed by atoms with Crippen molar-refractivity contribution in [2.75, 3.05) is 5.32 Å². The van der Waals surface area contributed by atoms with E-state index in [9.17, 15) is 5.11 Å². The van der Waals surface area contributed by atoms with Crippen molar-refractivity contribution in [2.24, 2.45) is 0 Å². The monoisotopic (exact) mass is 435 g/mol. The van der Waals surface area contributed by atoms with Gasteiger partial charge in [-0.15, -0.1) is 0 Å². The number of aromatic hydroxyl groups is 1. The lowest BCUT2D eigenvalue weighted by Crippen LogP contribution is -2.41. The summed E-state index contributed by atoms with van der Waals surface area (Å²) in [6, 6.07) is 9.99. The third-order valence-electron chi connectivity index (χ3n) is 8.01. The summed E-state index contributed by atoms with van der Waals surface area (Å²) in [5.74, 6) is 0.213. The van der Waals surface area contributed by atoms with E-state index in [1.54, 1.807) is 12.1 Å². The fourth-order valence-corrected chi connectivity index (χ4v) is 4.83. The minimum Gasteiger partial charge on any atom is -0.508 e. The van der Waals surface area contributed by atoms with Crippen molar-refractivity contribution in [1.29, 1.82) is 0 Å². The maximum atomic E-state index is 10.3. The largest absolute Gasteiger partial charge is 0.508 e. The summed E-state index contributed by atoms with van der Waals surface area (Å²) in [4.78, 5) is 0. The molecular formula is C27H38BNO3. The molecule has 1 aliphatic carbocycles. The summed E-state index contributed by atoms with van der Waals surface area (Å²) in [5, 5.41) is 13.9. The van der Waals surface area contributed by atoms with Crippen LogP contribution in [0.5, 0.6) is 5.75 Å². The van der Waals surface area contributed by atoms with Crippen LogP contribution in [0.4, 0.5) is 11.4 Å². The molecule has 2 aromatic carbocycles. The highest BCUT2D eigenvalue weighted by molar-refractivity contribution is 6.64. The summed E-state index contributed by atoms with van der Waals surface area (Å²) < 4.78 is 12.6. The van der Waals surface area contributed by atoms with E-state index in [1.165, 1.54) is 29.5 Å². The van der Waals surface area contributed by atoms with Gasteiger partial charge in [0.25, 0.3) is 0 Å². The fourth-order valence-electron chi connectivity index (χ4n) is 4.83. The van der Waals surface area contributed by atoms with E-state index >= 15 is 0 Å². The maximum absolute atomic E-state index is 10.3. The van der Waals surface area contributed by atoms with E-state index in [-0.39, 0.29) is 16.6 Å². The van der Waals surface area contributed by atoms with Gasteiger partial charge in [-0.05, 0) is 87.1 Å². The van der Waals surface area contributed by atoms with Gasteiger partial charge in [-0.3, -0.25) is 0 Å². The third kappa shape index (κ3) is 3.84. The molecule has 1 aliphatic heterocycles. The van der Waals surface area contributed by atoms with E-state index < -0.39 is 18.3 Å². The maximum Gasteiger partial charge on any atom is 0.496 e. The Kier molecular flexibility index (Phi) is 5.26. The van der Waals surface area contributed by atoms with Gasteiger partial charge in [0.15, 0.2) is 0 Å². The van der Waals surface area contributed by atoms with Crippen LogP contribution in [0.3, 0.4) is 0 Å². The molecule has 0 bridgehead atoms. The molecular weight excluding hydrogens is 397 g/mol. The second-order valence-electron chi connectivity index (χ2n) is 12.0. The number of hydrogen-bond acceptors (Lipinski definition) is 4. The van der Waals surface area contributed by atoms with Gasteiger partial charge in [0.2, 0.25) is 0 Å². The molecule has 4 nitrogen and oxygen atoms in total. The molecule has 0 radical (unpaired) electrons. The van der Waals surface area contributed by atoms with Crippen LogP contribution in [0.25, 0.3) is 0 Å². The first kappa shape index (κ1) is 23.2. The van der Waals surface area contributed by atoms with Crippen LogP contribution in [0.15, 0.2) is 30.3 Å². The summed E-state index contributed by atoms with van der Waals surface area (Å²) in [6.45, 7) is 19.7. The van der Waals surface area contributed by atoms with Crippen molar-refractivity contribution in [2.45, 2.75) is 97.2 Å². The van der Waals surface area contributed by atoms with Crippen LogP contribution < -0.4 is 10.8 Å². The van der Waals surface area contributed by atoms with Crippen LogP contribution in [-0.4, -0.2) is 23.4 Å². The first-order valence-electron chi connectivity index (χ1n) is 11.7. The Balaban J connectivity index is 1.76. The summed E-state index contributed by atoms with van der Waals surface area (Å²) in [5.41, 5.74) is 6.23. The SMILES string of the molecule is Cc1cc2c(cc1Nc1cc(O)ccc1B1OC(C)(C)C(C)(C)O1)C(C)(C)CCC2(C)C. The van der Waals surface area contributed by atoms with Crippen molar-refractivity contribution in [1.82, 2.24) is 0 Å². The number of fused-ring (bicyclic) bond motifs is 1. The molecule has 0 aromatic heterocycles. The van der Waals surface area contributed by atoms with Gasteiger partial charge in [-0.2, -0.15) is 0 Å². The first-order valence-corrected chi connectivity index (χ1v) is 11.7. The molecule has 1 saturated heterocycles. The Morgan fingerprint density at radius 1 is 0.781 bits per heavy atom. The van der Waals surface area contributed by atoms with Gasteiger partial charge in [-0.25, -0.2) is 0 Å². The van der Waals surface area contributed by atoms with Crippen LogP contribution >= 0.6 is 0 Å². The molecule has 2 aliphatic rings. The molecule has 0 amide bonds. The number of hydrogen-bond donors (Lipinski definition) is 2. The number of phenols is 1. The molecule has 2 N–H and O–H groups in total. The molecule has 32 heavy (non-hydrogen) atoms. The Bertz CT molecular complexity index is 1040. The van der Waals surface area contributed by atoms with E-state index in [1.807, 2.05) is 6.07 Å². The summed E-state index contributed by atoms with van der Waals surface area (Å²) in [7, 11) is -0.503. The Morgan fingerprint density at radius 2 is 1.31 bits per heavy atom. The van der Waals surface area contributed by atoms with Crippen molar-refractivity contribution < 1.29 is 14.4 Å². The van der Waals surface area contributed by atoms with Gasteiger partial charge < -0.3 is 19.7 Å². The predicted molar refractivity (Wildman–Crippen MR) is 134 cm³/mol. The topological polar surface area (TPSA) is 50.7 Å². The average molecular weight is 435 g/mol. The van der Waals surface area contributed by atoms with Crippen molar-refractivity contribution in [3.63, 3.8) is 0 Å². The number of rotatable bonds is 3. The quantitative estimate of drug-likeness (QED) is 0.573. The van der Waals surface area contributed by atoms with Crippen LogP contribution in [0.1, 0.15) is 84.9 Å². The van der Waals surface area contributed by atoms with Crippen molar-refractivity contribution in [3.8, 4) is 5.75 Å². The molecule has 5 heteroatoms. The van der Waals surface area contributed by atoms with E-state index in [2.05, 4.69) is 79.8 Å². The molecule has 0 unspecified atom stereocenters. The zero-order chi connectivity index (χ0) is 23.7. The zero-order valence-corrected chi connectivity index (χ0v) is 21.1. The molecule has 0 atom stereocenters. The van der Waals surface area contributed by atoms with Gasteiger partial charge >= 0.3 is 7.12 Å². The lowest BCUT2D eigenvalue weighted by molar-refractivity contribution is 0.00578. The first-order chi connectivity index (χ1) is 14.6. The van der Waals surface area contributed by atoms with E-state index in [0.717, 1.165) is 16.8 Å². The highest BCUT2D eigenvalue weighted by atomic mass is 16.7. The Hall–Kier alpha value is -1.98. The van der Waals surface area contributed by atoms with Crippen LogP contribution in [0, 0.1) is 6.92 Å². The van der Waals surface area contributed by atoms with Crippen molar-refractivity contribution >= 4 is 24.0 Å². The van der Waals surface area contributed by atoms with Gasteiger partial charge in [-0.1, -0.05) is 39.8 Å². The number of nitrogens with one attached hydrogen (secondary N) is 1. The highest BCUT2D eigenvalue weighted by Crippen LogP contribution is 2.47.